The number of hydrogen-bond donors (Lipinski definition) is 3. The van der Waals surface area contributed by atoms with E-state index in [4.69, 9.17) is 17.3 Å². The van der Waals surface area contributed by atoms with Gasteiger partial charge < -0.3 is 11.1 Å². The molecule has 0 fully saturated rings. The Bertz CT molecular complexity index is 522. The van der Waals surface area contributed by atoms with E-state index in [1.807, 2.05) is 0 Å². The molecule has 0 saturated carbocycles. The molecule has 0 radical (unpaired) electrons. The van der Waals surface area contributed by atoms with Gasteiger partial charge in [-0.05, 0) is 6.07 Å². The maximum absolute atomic E-state index is 13.0. The van der Waals surface area contributed by atoms with E-state index >= 15 is 0 Å². The monoisotopic (exact) mass is 295 g/mol. The minimum atomic E-state index is -3.29. The van der Waals surface area contributed by atoms with Crippen molar-refractivity contribution in [3.05, 3.63) is 23.0 Å². The first kappa shape index (κ1) is 15.0. The van der Waals surface area contributed by atoms with Gasteiger partial charge >= 0.3 is 0 Å². The topological polar surface area (TPSA) is 84.2 Å². The lowest BCUT2D eigenvalue weighted by Gasteiger charge is -2.10. The van der Waals surface area contributed by atoms with Gasteiger partial charge in [0.05, 0.1) is 22.2 Å². The Morgan fingerprint density at radius 3 is 2.72 bits per heavy atom. The van der Waals surface area contributed by atoms with Crippen molar-refractivity contribution in [2.24, 2.45) is 0 Å². The summed E-state index contributed by atoms with van der Waals surface area (Å²) in [5, 5.41) is 2.73. The van der Waals surface area contributed by atoms with Crippen LogP contribution in [-0.2, 0) is 10.0 Å². The first-order valence-electron chi connectivity index (χ1n) is 5.31. The molecule has 1 aromatic rings. The number of nitrogen functional groups attached to an aromatic ring is 1. The Morgan fingerprint density at radius 2 is 2.11 bits per heavy atom. The largest absolute Gasteiger partial charge is 0.397 e. The zero-order valence-electron chi connectivity index (χ0n) is 9.83. The number of rotatable bonds is 6. The number of sulfonamides is 1. The maximum atomic E-state index is 13.0. The van der Waals surface area contributed by atoms with Crippen LogP contribution in [0, 0.1) is 5.82 Å². The van der Waals surface area contributed by atoms with Crippen molar-refractivity contribution in [3.8, 4) is 0 Å². The Morgan fingerprint density at radius 1 is 1.44 bits per heavy atom. The predicted octanol–water partition coefficient (Wildman–Crippen LogP) is 1.41. The lowest BCUT2D eigenvalue weighted by molar-refractivity contribution is 0.584. The molecule has 1 aromatic carbocycles. The van der Waals surface area contributed by atoms with E-state index in [9.17, 15) is 12.8 Å². The van der Waals surface area contributed by atoms with Gasteiger partial charge in [-0.2, -0.15) is 0 Å². The Balaban J connectivity index is 2.62. The average Bonchev–Trinajstić information content (AvgIpc) is 2.25. The second-order valence-corrected chi connectivity index (χ2v) is 5.93. The molecule has 102 valence electrons. The standard InChI is InChI=1S/C10H15ClFN3O2S/c1-2-15-18(16,17)4-3-14-10-5-7(11)8(12)6-9(10)13/h5-6,14-15H,2-4,13H2,1H3. The van der Waals surface area contributed by atoms with E-state index in [1.165, 1.54) is 6.07 Å². The highest BCUT2D eigenvalue weighted by atomic mass is 35.5. The summed E-state index contributed by atoms with van der Waals surface area (Å²) >= 11 is 5.60. The van der Waals surface area contributed by atoms with E-state index in [0.717, 1.165) is 6.07 Å². The zero-order valence-corrected chi connectivity index (χ0v) is 11.4. The van der Waals surface area contributed by atoms with Gasteiger partial charge in [-0.1, -0.05) is 18.5 Å². The van der Waals surface area contributed by atoms with Gasteiger partial charge in [0.15, 0.2) is 0 Å². The van der Waals surface area contributed by atoms with Crippen LogP contribution in [0.5, 0.6) is 0 Å². The molecule has 8 heteroatoms. The second-order valence-electron chi connectivity index (χ2n) is 3.60. The third-order valence-corrected chi connectivity index (χ3v) is 3.90. The molecule has 0 bridgehead atoms. The molecule has 18 heavy (non-hydrogen) atoms. The van der Waals surface area contributed by atoms with E-state index in [2.05, 4.69) is 10.0 Å². The summed E-state index contributed by atoms with van der Waals surface area (Å²) in [4.78, 5) is 0. The molecule has 4 N–H and O–H groups in total. The third kappa shape index (κ3) is 4.32. The molecule has 0 heterocycles. The summed E-state index contributed by atoms with van der Waals surface area (Å²) < 4.78 is 38.1. The molecule has 5 nitrogen and oxygen atoms in total. The summed E-state index contributed by atoms with van der Waals surface area (Å²) in [6.45, 7) is 2.19. The van der Waals surface area contributed by atoms with Crippen LogP contribution in [0.15, 0.2) is 12.1 Å². The van der Waals surface area contributed by atoms with Gasteiger partial charge in [-0.3, -0.25) is 0 Å². The minimum absolute atomic E-state index is 0.0683. The van der Waals surface area contributed by atoms with Crippen LogP contribution in [0.3, 0.4) is 0 Å². The van der Waals surface area contributed by atoms with Gasteiger partial charge in [0.1, 0.15) is 5.82 Å². The van der Waals surface area contributed by atoms with E-state index < -0.39 is 15.8 Å². The summed E-state index contributed by atoms with van der Waals surface area (Å²) in [5.41, 5.74) is 6.16. The van der Waals surface area contributed by atoms with Crippen molar-refractivity contribution in [1.29, 1.82) is 0 Å². The summed E-state index contributed by atoms with van der Waals surface area (Å²) in [6.07, 6.45) is 0. The first-order chi connectivity index (χ1) is 8.35. The molecule has 0 aliphatic carbocycles. The van der Waals surface area contributed by atoms with Crippen LogP contribution in [0.4, 0.5) is 15.8 Å². The summed E-state index contributed by atoms with van der Waals surface area (Å²) in [7, 11) is -3.29. The number of benzene rings is 1. The van der Waals surface area contributed by atoms with Gasteiger partial charge in [-0.15, -0.1) is 0 Å². The van der Waals surface area contributed by atoms with Gasteiger partial charge in [-0.25, -0.2) is 17.5 Å². The van der Waals surface area contributed by atoms with Crippen LogP contribution >= 0.6 is 11.6 Å². The number of anilines is 2. The van der Waals surface area contributed by atoms with E-state index in [-0.39, 0.29) is 23.0 Å². The fourth-order valence-corrected chi connectivity index (χ4v) is 2.45. The third-order valence-electron chi connectivity index (χ3n) is 2.14. The summed E-state index contributed by atoms with van der Waals surface area (Å²) in [5.74, 6) is -0.713. The highest BCUT2D eigenvalue weighted by Gasteiger charge is 2.09. The Hall–Kier alpha value is -1.05. The molecule has 0 aliphatic heterocycles. The van der Waals surface area contributed by atoms with Crippen molar-refractivity contribution in [3.63, 3.8) is 0 Å². The minimum Gasteiger partial charge on any atom is -0.397 e. The van der Waals surface area contributed by atoms with Gasteiger partial charge in [0, 0.05) is 19.2 Å². The molecule has 0 aromatic heterocycles. The van der Waals surface area contributed by atoms with Crippen LogP contribution in [0.1, 0.15) is 6.92 Å². The number of nitrogens with two attached hydrogens (primary N) is 1. The fourth-order valence-electron chi connectivity index (χ4n) is 1.33. The van der Waals surface area contributed by atoms with Gasteiger partial charge in [0.25, 0.3) is 0 Å². The zero-order chi connectivity index (χ0) is 13.8. The highest BCUT2D eigenvalue weighted by molar-refractivity contribution is 7.89. The smallest absolute Gasteiger partial charge is 0.213 e. The number of nitrogens with one attached hydrogen (secondary N) is 2. The Kier molecular flexibility index (Phi) is 5.18. The maximum Gasteiger partial charge on any atom is 0.213 e. The summed E-state index contributed by atoms with van der Waals surface area (Å²) in [6, 6.07) is 2.41. The molecule has 0 unspecified atom stereocenters. The number of halogens is 2. The lowest BCUT2D eigenvalue weighted by atomic mass is 10.2. The Labute approximate surface area is 111 Å². The average molecular weight is 296 g/mol. The molecule has 1 rings (SSSR count). The normalized spacial score (nSPS) is 11.5. The lowest BCUT2D eigenvalue weighted by Crippen LogP contribution is -2.29. The molecule has 0 atom stereocenters. The van der Waals surface area contributed by atoms with E-state index in [1.54, 1.807) is 6.92 Å². The van der Waals surface area contributed by atoms with Crippen LogP contribution < -0.4 is 15.8 Å². The van der Waals surface area contributed by atoms with Crippen molar-refractivity contribution < 1.29 is 12.8 Å². The number of hydrogen-bond acceptors (Lipinski definition) is 4. The SMILES string of the molecule is CCNS(=O)(=O)CCNc1cc(Cl)c(F)cc1N. The van der Waals surface area contributed by atoms with E-state index in [0.29, 0.717) is 12.2 Å². The van der Waals surface area contributed by atoms with Crippen LogP contribution in [0.25, 0.3) is 0 Å². The molecule has 0 saturated heterocycles. The van der Waals surface area contributed by atoms with Crippen molar-refractivity contribution in [2.45, 2.75) is 6.92 Å². The molecule has 0 spiro atoms. The first-order valence-corrected chi connectivity index (χ1v) is 7.34. The van der Waals surface area contributed by atoms with Crippen molar-refractivity contribution >= 4 is 33.0 Å². The molecule has 0 amide bonds. The van der Waals surface area contributed by atoms with Crippen LogP contribution in [0.2, 0.25) is 5.02 Å². The fraction of sp³-hybridized carbons (Fsp3) is 0.400. The molecular formula is C10H15ClFN3O2S. The quantitative estimate of drug-likeness (QED) is 0.693. The second kappa shape index (κ2) is 6.21. The van der Waals surface area contributed by atoms with Gasteiger partial charge in [0.2, 0.25) is 10.0 Å². The molecular weight excluding hydrogens is 281 g/mol. The van der Waals surface area contributed by atoms with Crippen molar-refractivity contribution in [2.75, 3.05) is 29.9 Å². The van der Waals surface area contributed by atoms with Crippen LogP contribution in [-0.4, -0.2) is 27.3 Å². The highest BCUT2D eigenvalue weighted by Crippen LogP contribution is 2.25. The van der Waals surface area contributed by atoms with Crippen molar-refractivity contribution in [1.82, 2.24) is 4.72 Å². The predicted molar refractivity (Wildman–Crippen MR) is 71.8 cm³/mol. The molecule has 0 aliphatic rings.